The van der Waals surface area contributed by atoms with E-state index in [4.69, 9.17) is 14.2 Å². The predicted molar refractivity (Wildman–Crippen MR) is 80.5 cm³/mol. The SMILES string of the molecule is COc1ccc(C=C(C#N)C(=O)N2CCOCC2)c(OC)c1. The molecule has 2 rings (SSSR count). The normalized spacial score (nSPS) is 15.1. The Balaban J connectivity index is 2.28. The zero-order chi connectivity index (χ0) is 15.9. The lowest BCUT2D eigenvalue weighted by atomic mass is 10.1. The minimum atomic E-state index is -0.288. The van der Waals surface area contributed by atoms with Crippen LogP contribution in [0.1, 0.15) is 5.56 Å². The topological polar surface area (TPSA) is 71.8 Å². The molecule has 0 saturated carbocycles. The van der Waals surface area contributed by atoms with E-state index in [-0.39, 0.29) is 11.5 Å². The zero-order valence-electron chi connectivity index (χ0n) is 12.7. The number of hydrogen-bond donors (Lipinski definition) is 0. The molecule has 1 heterocycles. The second-order valence-corrected chi connectivity index (χ2v) is 4.68. The van der Waals surface area contributed by atoms with Gasteiger partial charge in [0.1, 0.15) is 23.1 Å². The molecule has 0 atom stereocenters. The van der Waals surface area contributed by atoms with Gasteiger partial charge in [0.2, 0.25) is 0 Å². The second-order valence-electron chi connectivity index (χ2n) is 4.68. The zero-order valence-corrected chi connectivity index (χ0v) is 12.7. The number of nitrogens with zero attached hydrogens (tertiary/aromatic N) is 2. The van der Waals surface area contributed by atoms with Crippen LogP contribution < -0.4 is 9.47 Å². The molecular formula is C16H18N2O4. The molecule has 0 aliphatic carbocycles. The van der Waals surface area contributed by atoms with Crippen LogP contribution in [0.15, 0.2) is 23.8 Å². The van der Waals surface area contributed by atoms with Gasteiger partial charge < -0.3 is 19.1 Å². The average molecular weight is 302 g/mol. The Morgan fingerprint density at radius 3 is 2.64 bits per heavy atom. The Morgan fingerprint density at radius 2 is 2.05 bits per heavy atom. The third kappa shape index (κ3) is 3.57. The summed E-state index contributed by atoms with van der Waals surface area (Å²) in [5.74, 6) is 0.901. The van der Waals surface area contributed by atoms with Crippen molar-refractivity contribution in [2.75, 3.05) is 40.5 Å². The summed E-state index contributed by atoms with van der Waals surface area (Å²) in [7, 11) is 3.09. The highest BCUT2D eigenvalue weighted by atomic mass is 16.5. The lowest BCUT2D eigenvalue weighted by molar-refractivity contribution is -0.130. The number of morpholine rings is 1. The number of benzene rings is 1. The number of hydrogen-bond acceptors (Lipinski definition) is 5. The molecule has 1 fully saturated rings. The highest BCUT2D eigenvalue weighted by Crippen LogP contribution is 2.26. The number of methoxy groups -OCH3 is 2. The molecule has 1 saturated heterocycles. The monoisotopic (exact) mass is 302 g/mol. The lowest BCUT2D eigenvalue weighted by Gasteiger charge is -2.26. The summed E-state index contributed by atoms with van der Waals surface area (Å²) < 4.78 is 15.6. The first-order valence-electron chi connectivity index (χ1n) is 6.90. The summed E-state index contributed by atoms with van der Waals surface area (Å²) in [5, 5.41) is 9.29. The molecule has 0 N–H and O–H groups in total. The third-order valence-corrected chi connectivity index (χ3v) is 3.39. The maximum atomic E-state index is 12.4. The highest BCUT2D eigenvalue weighted by molar-refractivity contribution is 6.02. The standard InChI is InChI=1S/C16H18N2O4/c1-20-14-4-3-12(15(10-14)21-2)9-13(11-17)16(19)18-5-7-22-8-6-18/h3-4,9-10H,5-8H2,1-2H3. The lowest BCUT2D eigenvalue weighted by Crippen LogP contribution is -2.41. The maximum Gasteiger partial charge on any atom is 0.264 e. The van der Waals surface area contributed by atoms with Gasteiger partial charge in [-0.1, -0.05) is 0 Å². The van der Waals surface area contributed by atoms with E-state index in [0.717, 1.165) is 0 Å². The van der Waals surface area contributed by atoms with Crippen LogP contribution in [0.3, 0.4) is 0 Å². The average Bonchev–Trinajstić information content (AvgIpc) is 2.59. The highest BCUT2D eigenvalue weighted by Gasteiger charge is 2.21. The summed E-state index contributed by atoms with van der Waals surface area (Å²) in [4.78, 5) is 14.0. The number of rotatable bonds is 4. The largest absolute Gasteiger partial charge is 0.497 e. The summed E-state index contributed by atoms with van der Waals surface area (Å²) >= 11 is 0. The van der Waals surface area contributed by atoms with Crippen molar-refractivity contribution in [1.82, 2.24) is 4.90 Å². The number of carbonyl (C=O) groups excluding carboxylic acids is 1. The van der Waals surface area contributed by atoms with Gasteiger partial charge >= 0.3 is 0 Å². The molecule has 6 nitrogen and oxygen atoms in total. The van der Waals surface area contributed by atoms with Gasteiger partial charge in [-0.25, -0.2) is 0 Å². The van der Waals surface area contributed by atoms with Gasteiger partial charge in [0.05, 0.1) is 27.4 Å². The molecule has 0 unspecified atom stereocenters. The first kappa shape index (κ1) is 15.9. The van der Waals surface area contributed by atoms with Gasteiger partial charge in [-0.15, -0.1) is 0 Å². The molecule has 1 amide bonds. The van der Waals surface area contributed by atoms with Crippen LogP contribution in [0.4, 0.5) is 0 Å². The molecule has 0 bridgehead atoms. The maximum absolute atomic E-state index is 12.4. The quantitative estimate of drug-likeness (QED) is 0.622. The smallest absolute Gasteiger partial charge is 0.264 e. The van der Waals surface area contributed by atoms with E-state index in [0.29, 0.717) is 43.4 Å². The fourth-order valence-corrected chi connectivity index (χ4v) is 2.17. The number of ether oxygens (including phenoxy) is 3. The van der Waals surface area contributed by atoms with Crippen molar-refractivity contribution in [1.29, 1.82) is 5.26 Å². The van der Waals surface area contributed by atoms with Crippen molar-refractivity contribution in [3.63, 3.8) is 0 Å². The number of amides is 1. The van der Waals surface area contributed by atoms with Crippen LogP contribution in [0.5, 0.6) is 11.5 Å². The van der Waals surface area contributed by atoms with E-state index in [9.17, 15) is 10.1 Å². The Bertz CT molecular complexity index is 613. The first-order chi connectivity index (χ1) is 10.7. The van der Waals surface area contributed by atoms with E-state index >= 15 is 0 Å². The minimum absolute atomic E-state index is 0.0744. The van der Waals surface area contributed by atoms with E-state index in [1.54, 1.807) is 30.2 Å². The number of nitriles is 1. The van der Waals surface area contributed by atoms with Gasteiger partial charge in [-0.05, 0) is 18.2 Å². The van der Waals surface area contributed by atoms with Crippen LogP contribution in [0.25, 0.3) is 6.08 Å². The Morgan fingerprint density at radius 1 is 1.32 bits per heavy atom. The predicted octanol–water partition coefficient (Wildman–Crippen LogP) is 1.47. The van der Waals surface area contributed by atoms with Crippen molar-refractivity contribution >= 4 is 12.0 Å². The summed E-state index contributed by atoms with van der Waals surface area (Å²) in [5.41, 5.74) is 0.729. The molecule has 1 aliphatic rings. The van der Waals surface area contributed by atoms with E-state index < -0.39 is 0 Å². The summed E-state index contributed by atoms with van der Waals surface area (Å²) in [6.45, 7) is 1.99. The summed E-state index contributed by atoms with van der Waals surface area (Å²) in [6, 6.07) is 7.18. The molecule has 1 aliphatic heterocycles. The molecule has 1 aromatic rings. The van der Waals surface area contributed by atoms with Gasteiger partial charge in [0.25, 0.3) is 5.91 Å². The molecule has 0 aromatic heterocycles. The van der Waals surface area contributed by atoms with Crippen molar-refractivity contribution in [3.8, 4) is 17.6 Å². The first-order valence-corrected chi connectivity index (χ1v) is 6.90. The molecule has 6 heteroatoms. The van der Waals surface area contributed by atoms with Crippen molar-refractivity contribution < 1.29 is 19.0 Å². The molecule has 22 heavy (non-hydrogen) atoms. The van der Waals surface area contributed by atoms with Crippen LogP contribution in [-0.2, 0) is 9.53 Å². The Hall–Kier alpha value is -2.52. The third-order valence-electron chi connectivity index (χ3n) is 3.39. The molecule has 1 aromatic carbocycles. The minimum Gasteiger partial charge on any atom is -0.497 e. The molecule has 116 valence electrons. The fraction of sp³-hybridized carbons (Fsp3) is 0.375. The number of carbonyl (C=O) groups is 1. The van der Waals surface area contributed by atoms with Gasteiger partial charge in [0.15, 0.2) is 0 Å². The van der Waals surface area contributed by atoms with Crippen LogP contribution >= 0.6 is 0 Å². The van der Waals surface area contributed by atoms with E-state index in [1.807, 2.05) is 6.07 Å². The van der Waals surface area contributed by atoms with Gasteiger partial charge in [0, 0.05) is 24.7 Å². The van der Waals surface area contributed by atoms with E-state index in [2.05, 4.69) is 0 Å². The van der Waals surface area contributed by atoms with Crippen molar-refractivity contribution in [3.05, 3.63) is 29.3 Å². The molecule has 0 radical (unpaired) electrons. The molecule has 0 spiro atoms. The van der Waals surface area contributed by atoms with Crippen LogP contribution in [0, 0.1) is 11.3 Å². The van der Waals surface area contributed by atoms with Crippen molar-refractivity contribution in [2.45, 2.75) is 0 Å². The van der Waals surface area contributed by atoms with Gasteiger partial charge in [-0.2, -0.15) is 5.26 Å². The fourth-order valence-electron chi connectivity index (χ4n) is 2.17. The Labute approximate surface area is 129 Å². The second kappa shape index (κ2) is 7.48. The van der Waals surface area contributed by atoms with Gasteiger partial charge in [-0.3, -0.25) is 4.79 Å². The molecular weight excluding hydrogens is 284 g/mol. The van der Waals surface area contributed by atoms with Crippen LogP contribution in [0.2, 0.25) is 0 Å². The van der Waals surface area contributed by atoms with Crippen molar-refractivity contribution in [2.24, 2.45) is 0 Å². The van der Waals surface area contributed by atoms with Crippen LogP contribution in [-0.4, -0.2) is 51.3 Å². The Kier molecular flexibility index (Phi) is 5.39. The van der Waals surface area contributed by atoms with E-state index in [1.165, 1.54) is 13.2 Å². The summed E-state index contributed by atoms with van der Waals surface area (Å²) in [6.07, 6.45) is 1.54.